The van der Waals surface area contributed by atoms with Crippen LogP contribution in [0.3, 0.4) is 0 Å². The van der Waals surface area contributed by atoms with E-state index in [1.165, 1.54) is 16.2 Å². The van der Waals surface area contributed by atoms with Crippen LogP contribution in [0, 0.1) is 0 Å². The van der Waals surface area contributed by atoms with Gasteiger partial charge in [-0.25, -0.2) is 0 Å². The lowest BCUT2D eigenvalue weighted by Crippen LogP contribution is -2.45. The summed E-state index contributed by atoms with van der Waals surface area (Å²) in [4.78, 5) is 38.0. The fraction of sp³-hybridized carbons (Fsp3) is 0.533. The smallest absolute Gasteiger partial charge is 0.306 e. The van der Waals surface area contributed by atoms with Crippen molar-refractivity contribution in [3.8, 4) is 0 Å². The Balaban J connectivity index is 2.05. The zero-order chi connectivity index (χ0) is 17.4. The van der Waals surface area contributed by atoms with Gasteiger partial charge in [0.05, 0.1) is 4.88 Å². The molecule has 1 aliphatic rings. The van der Waals surface area contributed by atoms with Gasteiger partial charge in [-0.2, -0.15) is 0 Å². The van der Waals surface area contributed by atoms with Crippen LogP contribution in [0.5, 0.6) is 0 Å². The number of esters is 1. The molecule has 0 spiro atoms. The SMILES string of the molecule is CC(C)(C)OC(=O)CC[C@@H](C(N)=O)N1Cc2c(Br)csc2C1=O. The minimum absolute atomic E-state index is 0.0312. The maximum absolute atomic E-state index is 12.4. The molecule has 0 radical (unpaired) electrons. The summed E-state index contributed by atoms with van der Waals surface area (Å²) in [5.41, 5.74) is 5.72. The van der Waals surface area contributed by atoms with Gasteiger partial charge in [0.25, 0.3) is 5.91 Å². The van der Waals surface area contributed by atoms with Crippen molar-refractivity contribution in [2.45, 2.75) is 51.8 Å². The minimum Gasteiger partial charge on any atom is -0.460 e. The van der Waals surface area contributed by atoms with Crippen molar-refractivity contribution in [2.24, 2.45) is 5.73 Å². The Morgan fingerprint density at radius 2 is 2.13 bits per heavy atom. The monoisotopic (exact) mass is 402 g/mol. The molecular weight excluding hydrogens is 384 g/mol. The number of nitrogens with two attached hydrogens (primary N) is 1. The first-order valence-corrected chi connectivity index (χ1v) is 8.85. The van der Waals surface area contributed by atoms with Crippen LogP contribution in [-0.2, 0) is 20.9 Å². The molecule has 8 heteroatoms. The second kappa shape index (κ2) is 6.60. The summed E-state index contributed by atoms with van der Waals surface area (Å²) in [6.07, 6.45) is 0.187. The Bertz CT molecular complexity index is 650. The van der Waals surface area contributed by atoms with E-state index < -0.39 is 23.5 Å². The number of fused-ring (bicyclic) bond motifs is 1. The van der Waals surface area contributed by atoms with Gasteiger partial charge in [0.15, 0.2) is 0 Å². The summed E-state index contributed by atoms with van der Waals surface area (Å²) >= 11 is 4.72. The molecule has 1 aliphatic heterocycles. The van der Waals surface area contributed by atoms with Gasteiger partial charge in [0, 0.05) is 28.4 Å². The first kappa shape index (κ1) is 17.9. The lowest BCUT2D eigenvalue weighted by Gasteiger charge is -2.26. The normalized spacial score (nSPS) is 15.5. The average Bonchev–Trinajstić information content (AvgIpc) is 2.90. The molecule has 2 heterocycles. The topological polar surface area (TPSA) is 89.7 Å². The molecule has 2 N–H and O–H groups in total. The second-order valence-electron chi connectivity index (χ2n) is 6.37. The standard InChI is InChI=1S/C15H19BrN2O4S/c1-15(2,3)22-11(19)5-4-10(13(17)20)18-6-8-9(16)7-23-12(8)14(18)21/h7,10H,4-6H2,1-3H3,(H2,17,20)/t10-/m0/s1. The van der Waals surface area contributed by atoms with Gasteiger partial charge in [0.1, 0.15) is 11.6 Å². The molecule has 0 saturated heterocycles. The molecule has 2 rings (SSSR count). The Hall–Kier alpha value is -1.41. The van der Waals surface area contributed by atoms with E-state index in [1.54, 1.807) is 20.8 Å². The number of amides is 2. The predicted octanol–water partition coefficient (Wildman–Crippen LogP) is 2.44. The molecule has 0 aromatic carbocycles. The number of primary amides is 1. The van der Waals surface area contributed by atoms with Crippen molar-refractivity contribution in [2.75, 3.05) is 0 Å². The number of ether oxygens (including phenoxy) is 1. The molecule has 23 heavy (non-hydrogen) atoms. The van der Waals surface area contributed by atoms with Crippen LogP contribution in [-0.4, -0.2) is 34.3 Å². The molecule has 0 unspecified atom stereocenters. The van der Waals surface area contributed by atoms with Crippen molar-refractivity contribution in [3.05, 3.63) is 20.3 Å². The van der Waals surface area contributed by atoms with Gasteiger partial charge < -0.3 is 15.4 Å². The zero-order valence-corrected chi connectivity index (χ0v) is 15.6. The fourth-order valence-electron chi connectivity index (χ4n) is 2.41. The molecule has 1 aromatic heterocycles. The number of rotatable bonds is 5. The van der Waals surface area contributed by atoms with Gasteiger partial charge in [0.2, 0.25) is 5.91 Å². The number of thiophene rings is 1. The molecule has 6 nitrogen and oxygen atoms in total. The number of hydrogen-bond acceptors (Lipinski definition) is 5. The molecule has 0 fully saturated rings. The van der Waals surface area contributed by atoms with Crippen molar-refractivity contribution in [3.63, 3.8) is 0 Å². The van der Waals surface area contributed by atoms with Gasteiger partial charge in [-0.15, -0.1) is 11.3 Å². The van der Waals surface area contributed by atoms with Gasteiger partial charge in [-0.1, -0.05) is 0 Å². The number of halogens is 1. The maximum atomic E-state index is 12.4. The lowest BCUT2D eigenvalue weighted by molar-refractivity contribution is -0.155. The van der Waals surface area contributed by atoms with Crippen molar-refractivity contribution in [1.82, 2.24) is 4.90 Å². The summed E-state index contributed by atoms with van der Waals surface area (Å²) in [7, 11) is 0. The fourth-order valence-corrected chi connectivity index (χ4v) is 4.04. The molecule has 2 amide bonds. The highest BCUT2D eigenvalue weighted by Gasteiger charge is 2.38. The highest BCUT2D eigenvalue weighted by Crippen LogP contribution is 2.36. The molecule has 0 saturated carbocycles. The van der Waals surface area contributed by atoms with E-state index in [2.05, 4.69) is 15.9 Å². The zero-order valence-electron chi connectivity index (χ0n) is 13.2. The second-order valence-corrected chi connectivity index (χ2v) is 8.10. The minimum atomic E-state index is -0.818. The predicted molar refractivity (Wildman–Crippen MR) is 90.0 cm³/mol. The van der Waals surface area contributed by atoms with E-state index in [4.69, 9.17) is 10.5 Å². The highest BCUT2D eigenvalue weighted by atomic mass is 79.9. The summed E-state index contributed by atoms with van der Waals surface area (Å²) in [5.74, 6) is -1.25. The summed E-state index contributed by atoms with van der Waals surface area (Å²) < 4.78 is 6.07. The third-order valence-corrected chi connectivity index (χ3v) is 5.39. The number of carbonyl (C=O) groups excluding carboxylic acids is 3. The highest BCUT2D eigenvalue weighted by molar-refractivity contribution is 9.10. The Labute approximate surface area is 147 Å². The largest absolute Gasteiger partial charge is 0.460 e. The third-order valence-electron chi connectivity index (χ3n) is 3.37. The van der Waals surface area contributed by atoms with Crippen LogP contribution >= 0.6 is 27.3 Å². The van der Waals surface area contributed by atoms with Gasteiger partial charge in [-0.3, -0.25) is 14.4 Å². The van der Waals surface area contributed by atoms with Crippen molar-refractivity contribution >= 4 is 45.1 Å². The molecule has 126 valence electrons. The van der Waals surface area contributed by atoms with Crippen LogP contribution in [0.2, 0.25) is 0 Å². The number of carbonyl (C=O) groups is 3. The van der Waals surface area contributed by atoms with Crippen molar-refractivity contribution < 1.29 is 19.1 Å². The molecule has 0 aliphatic carbocycles. The number of nitrogens with zero attached hydrogens (tertiary/aromatic N) is 1. The van der Waals surface area contributed by atoms with Gasteiger partial charge in [-0.05, 0) is 43.1 Å². The summed E-state index contributed by atoms with van der Waals surface area (Å²) in [6, 6.07) is -0.818. The lowest BCUT2D eigenvalue weighted by atomic mass is 10.1. The van der Waals surface area contributed by atoms with Crippen LogP contribution < -0.4 is 5.73 Å². The first-order valence-electron chi connectivity index (χ1n) is 7.18. The number of hydrogen-bond donors (Lipinski definition) is 1. The molecular formula is C15H19BrN2O4S. The van der Waals surface area contributed by atoms with Gasteiger partial charge >= 0.3 is 5.97 Å². The van der Waals surface area contributed by atoms with E-state index in [0.717, 1.165) is 10.0 Å². The third kappa shape index (κ3) is 4.11. The van der Waals surface area contributed by atoms with Crippen molar-refractivity contribution in [1.29, 1.82) is 0 Å². The van der Waals surface area contributed by atoms with E-state index in [-0.39, 0.29) is 18.7 Å². The summed E-state index contributed by atoms with van der Waals surface area (Å²) in [6.45, 7) is 5.64. The summed E-state index contributed by atoms with van der Waals surface area (Å²) in [5, 5.41) is 1.85. The van der Waals surface area contributed by atoms with Crippen LogP contribution in [0.1, 0.15) is 48.8 Å². The molecule has 0 bridgehead atoms. The molecule has 1 atom stereocenters. The average molecular weight is 403 g/mol. The maximum Gasteiger partial charge on any atom is 0.306 e. The first-order chi connectivity index (χ1) is 10.6. The van der Waals surface area contributed by atoms with E-state index >= 15 is 0 Å². The van der Waals surface area contributed by atoms with Crippen LogP contribution in [0.15, 0.2) is 9.85 Å². The van der Waals surface area contributed by atoms with Crippen LogP contribution in [0.25, 0.3) is 0 Å². The Morgan fingerprint density at radius 3 is 2.65 bits per heavy atom. The Morgan fingerprint density at radius 1 is 1.48 bits per heavy atom. The molecule has 1 aromatic rings. The van der Waals surface area contributed by atoms with E-state index in [1.807, 2.05) is 5.38 Å². The van der Waals surface area contributed by atoms with Crippen LogP contribution in [0.4, 0.5) is 0 Å². The van der Waals surface area contributed by atoms with E-state index in [0.29, 0.717) is 11.4 Å². The quantitative estimate of drug-likeness (QED) is 0.765. The van der Waals surface area contributed by atoms with E-state index in [9.17, 15) is 14.4 Å². The Kier molecular flexibility index (Phi) is 5.15.